The van der Waals surface area contributed by atoms with Gasteiger partial charge in [0.1, 0.15) is 5.82 Å². The van der Waals surface area contributed by atoms with Crippen LogP contribution in [0.15, 0.2) is 48.5 Å². The Kier molecular flexibility index (Phi) is 6.12. The van der Waals surface area contributed by atoms with Gasteiger partial charge >= 0.3 is 0 Å². The van der Waals surface area contributed by atoms with E-state index in [1.807, 2.05) is 38.1 Å². The van der Waals surface area contributed by atoms with Gasteiger partial charge in [-0.3, -0.25) is 9.59 Å². The molecule has 0 aliphatic carbocycles. The number of carbonyl (C=O) groups is 2. The summed E-state index contributed by atoms with van der Waals surface area (Å²) >= 11 is 0. The molecule has 0 aromatic heterocycles. The quantitative estimate of drug-likeness (QED) is 0.795. The number of benzene rings is 2. The van der Waals surface area contributed by atoms with Gasteiger partial charge in [-0.1, -0.05) is 29.8 Å². The first kappa shape index (κ1) is 20.1. The normalized spacial score (nSPS) is 17.9. The van der Waals surface area contributed by atoms with Gasteiger partial charge in [0.05, 0.1) is 12.0 Å². The van der Waals surface area contributed by atoms with Crippen molar-refractivity contribution in [2.75, 3.05) is 20.1 Å². The van der Waals surface area contributed by atoms with Crippen molar-refractivity contribution in [3.8, 4) is 0 Å². The van der Waals surface area contributed by atoms with Gasteiger partial charge in [0.15, 0.2) is 0 Å². The lowest BCUT2D eigenvalue weighted by Gasteiger charge is -2.36. The van der Waals surface area contributed by atoms with Crippen LogP contribution in [0.5, 0.6) is 0 Å². The Labute approximate surface area is 166 Å². The van der Waals surface area contributed by atoms with Crippen LogP contribution in [-0.4, -0.2) is 41.8 Å². The average molecular weight is 382 g/mol. The number of rotatable bonds is 4. The second-order valence-corrected chi connectivity index (χ2v) is 7.63. The number of amides is 2. The first-order valence-electron chi connectivity index (χ1n) is 9.75. The van der Waals surface area contributed by atoms with Gasteiger partial charge in [-0.15, -0.1) is 0 Å². The maximum absolute atomic E-state index is 13.2. The maximum Gasteiger partial charge on any atom is 0.253 e. The third kappa shape index (κ3) is 4.41. The summed E-state index contributed by atoms with van der Waals surface area (Å²) < 4.78 is 13.2. The molecule has 0 spiro atoms. The number of hydrogen-bond donors (Lipinski definition) is 0. The summed E-state index contributed by atoms with van der Waals surface area (Å²) in [6, 6.07) is 13.6. The molecule has 2 aromatic rings. The van der Waals surface area contributed by atoms with E-state index in [1.165, 1.54) is 12.1 Å². The van der Waals surface area contributed by atoms with Crippen LogP contribution in [0.2, 0.25) is 0 Å². The van der Waals surface area contributed by atoms with Gasteiger partial charge in [-0.25, -0.2) is 4.39 Å². The van der Waals surface area contributed by atoms with Gasteiger partial charge < -0.3 is 9.80 Å². The van der Waals surface area contributed by atoms with Gasteiger partial charge in [0.25, 0.3) is 5.91 Å². The third-order valence-corrected chi connectivity index (χ3v) is 5.64. The van der Waals surface area contributed by atoms with Crippen LogP contribution in [0.4, 0.5) is 4.39 Å². The Balaban J connectivity index is 1.67. The number of halogens is 1. The number of carbonyl (C=O) groups excluding carboxylic acids is 2. The molecule has 3 rings (SSSR count). The molecule has 0 radical (unpaired) electrons. The van der Waals surface area contributed by atoms with Crippen LogP contribution in [0.3, 0.4) is 0 Å². The van der Waals surface area contributed by atoms with Crippen molar-refractivity contribution in [3.05, 3.63) is 71.0 Å². The first-order valence-corrected chi connectivity index (χ1v) is 9.75. The van der Waals surface area contributed by atoms with E-state index < -0.39 is 0 Å². The zero-order chi connectivity index (χ0) is 20.3. The SMILES string of the molecule is Cc1ccc(C(=O)N2CCC[C@@H](C(=O)N(C)[C@@H](C)c3ccc(F)cc3)C2)cc1. The molecule has 1 aliphatic rings. The summed E-state index contributed by atoms with van der Waals surface area (Å²) in [5.41, 5.74) is 2.66. The Morgan fingerprint density at radius 2 is 1.75 bits per heavy atom. The monoisotopic (exact) mass is 382 g/mol. The van der Waals surface area contributed by atoms with Crippen LogP contribution >= 0.6 is 0 Å². The van der Waals surface area contributed by atoms with Crippen LogP contribution in [0.1, 0.15) is 47.3 Å². The smallest absolute Gasteiger partial charge is 0.253 e. The molecule has 28 heavy (non-hydrogen) atoms. The summed E-state index contributed by atoms with van der Waals surface area (Å²) in [4.78, 5) is 29.3. The molecule has 4 nitrogen and oxygen atoms in total. The fraction of sp³-hybridized carbons (Fsp3) is 0.391. The lowest BCUT2D eigenvalue weighted by Crippen LogP contribution is -2.46. The zero-order valence-corrected chi connectivity index (χ0v) is 16.7. The van der Waals surface area contributed by atoms with E-state index in [-0.39, 0.29) is 29.6 Å². The van der Waals surface area contributed by atoms with E-state index >= 15 is 0 Å². The zero-order valence-electron chi connectivity index (χ0n) is 16.7. The van der Waals surface area contributed by atoms with E-state index in [0.29, 0.717) is 18.7 Å². The Morgan fingerprint density at radius 1 is 1.11 bits per heavy atom. The van der Waals surface area contributed by atoms with Gasteiger partial charge in [-0.05, 0) is 56.5 Å². The highest BCUT2D eigenvalue weighted by Crippen LogP contribution is 2.25. The number of nitrogens with zero attached hydrogens (tertiary/aromatic N) is 2. The predicted octanol–water partition coefficient (Wildman–Crippen LogP) is 4.21. The minimum atomic E-state index is -0.289. The Bertz CT molecular complexity index is 833. The average Bonchev–Trinajstić information content (AvgIpc) is 2.73. The maximum atomic E-state index is 13.2. The van der Waals surface area contributed by atoms with Crippen LogP contribution in [0.25, 0.3) is 0 Å². The summed E-state index contributed by atoms with van der Waals surface area (Å²) in [6.45, 7) is 5.03. The molecule has 2 amide bonds. The molecule has 1 fully saturated rings. The number of piperidine rings is 1. The lowest BCUT2D eigenvalue weighted by atomic mass is 9.94. The minimum absolute atomic E-state index is 0.0215. The fourth-order valence-corrected chi connectivity index (χ4v) is 3.69. The second-order valence-electron chi connectivity index (χ2n) is 7.63. The Morgan fingerprint density at radius 3 is 2.39 bits per heavy atom. The minimum Gasteiger partial charge on any atom is -0.339 e. The highest BCUT2D eigenvalue weighted by Gasteiger charge is 2.32. The molecule has 2 atom stereocenters. The van der Waals surface area contributed by atoms with E-state index in [0.717, 1.165) is 24.0 Å². The molecule has 0 saturated carbocycles. The standard InChI is InChI=1S/C23H27FN2O2/c1-16-6-8-19(9-7-16)23(28)26-14-4-5-20(15-26)22(27)25(3)17(2)18-10-12-21(24)13-11-18/h6-13,17,20H,4-5,14-15H2,1-3H3/t17-,20+/m0/s1. The summed E-state index contributed by atoms with van der Waals surface area (Å²) in [5, 5.41) is 0. The van der Waals surface area contributed by atoms with Crippen molar-refractivity contribution in [2.24, 2.45) is 5.92 Å². The summed E-state index contributed by atoms with van der Waals surface area (Å²) in [5.74, 6) is -0.497. The van der Waals surface area contributed by atoms with Gasteiger partial charge in [0, 0.05) is 25.7 Å². The molecule has 1 heterocycles. The Hall–Kier alpha value is -2.69. The van der Waals surface area contributed by atoms with Crippen molar-refractivity contribution in [2.45, 2.75) is 32.7 Å². The predicted molar refractivity (Wildman–Crippen MR) is 107 cm³/mol. The first-order chi connectivity index (χ1) is 13.4. The largest absolute Gasteiger partial charge is 0.339 e. The molecule has 1 aliphatic heterocycles. The number of aryl methyl sites for hydroxylation is 1. The third-order valence-electron chi connectivity index (χ3n) is 5.64. The molecule has 5 heteroatoms. The highest BCUT2D eigenvalue weighted by molar-refractivity contribution is 5.94. The fourth-order valence-electron chi connectivity index (χ4n) is 3.69. The topological polar surface area (TPSA) is 40.6 Å². The molecular weight excluding hydrogens is 355 g/mol. The van der Waals surface area contributed by atoms with E-state index in [1.54, 1.807) is 29.0 Å². The van der Waals surface area contributed by atoms with Crippen LogP contribution in [0, 0.1) is 18.7 Å². The second kappa shape index (κ2) is 8.55. The molecule has 0 bridgehead atoms. The molecule has 1 saturated heterocycles. The number of likely N-dealkylation sites (tertiary alicyclic amines) is 1. The van der Waals surface area contributed by atoms with Crippen molar-refractivity contribution in [1.82, 2.24) is 9.80 Å². The lowest BCUT2D eigenvalue weighted by molar-refractivity contribution is -0.137. The molecule has 0 N–H and O–H groups in total. The van der Waals surface area contributed by atoms with E-state index in [9.17, 15) is 14.0 Å². The molecule has 2 aromatic carbocycles. The summed E-state index contributed by atoms with van der Waals surface area (Å²) in [7, 11) is 1.77. The molecule has 0 unspecified atom stereocenters. The van der Waals surface area contributed by atoms with Crippen molar-refractivity contribution < 1.29 is 14.0 Å². The summed E-state index contributed by atoms with van der Waals surface area (Å²) in [6.07, 6.45) is 1.59. The van der Waals surface area contributed by atoms with Crippen LogP contribution in [-0.2, 0) is 4.79 Å². The number of hydrogen-bond acceptors (Lipinski definition) is 2. The highest BCUT2D eigenvalue weighted by atomic mass is 19.1. The van der Waals surface area contributed by atoms with Crippen molar-refractivity contribution >= 4 is 11.8 Å². The molecular formula is C23H27FN2O2. The van der Waals surface area contributed by atoms with Gasteiger partial charge in [-0.2, -0.15) is 0 Å². The van der Waals surface area contributed by atoms with E-state index in [4.69, 9.17) is 0 Å². The van der Waals surface area contributed by atoms with Gasteiger partial charge in [0.2, 0.25) is 5.91 Å². The van der Waals surface area contributed by atoms with Crippen molar-refractivity contribution in [3.63, 3.8) is 0 Å². The molecule has 148 valence electrons. The van der Waals surface area contributed by atoms with E-state index in [2.05, 4.69) is 0 Å². The van der Waals surface area contributed by atoms with Crippen LogP contribution < -0.4 is 0 Å². The van der Waals surface area contributed by atoms with Crippen molar-refractivity contribution in [1.29, 1.82) is 0 Å².